The smallest absolute Gasteiger partial charge is 0.357 e. The third-order valence-corrected chi connectivity index (χ3v) is 5.14. The number of anilines is 1. The molecule has 0 spiro atoms. The predicted octanol–water partition coefficient (Wildman–Crippen LogP) is 3.15. The van der Waals surface area contributed by atoms with E-state index in [1.165, 1.54) is 22.4 Å². The van der Waals surface area contributed by atoms with E-state index >= 15 is 0 Å². The van der Waals surface area contributed by atoms with E-state index in [1.54, 1.807) is 22.7 Å². The summed E-state index contributed by atoms with van der Waals surface area (Å²) < 4.78 is 7.84. The van der Waals surface area contributed by atoms with Gasteiger partial charge in [-0.25, -0.2) is 14.8 Å². The van der Waals surface area contributed by atoms with Gasteiger partial charge in [-0.2, -0.15) is 0 Å². The van der Waals surface area contributed by atoms with Crippen molar-refractivity contribution in [1.29, 1.82) is 0 Å². The van der Waals surface area contributed by atoms with Gasteiger partial charge in [0.25, 0.3) is 5.91 Å². The minimum absolute atomic E-state index is 0.279. The molecule has 136 valence electrons. The predicted molar refractivity (Wildman–Crippen MR) is 103 cm³/mol. The highest BCUT2D eigenvalue weighted by Gasteiger charge is 2.21. The molecule has 0 aliphatic heterocycles. The lowest BCUT2D eigenvalue weighted by atomic mass is 10.3. The Morgan fingerprint density at radius 2 is 2.00 bits per heavy atom. The average molecular weight is 380 g/mol. The van der Waals surface area contributed by atoms with Gasteiger partial charge >= 0.3 is 5.97 Å². The molecule has 0 N–H and O–H groups in total. The van der Waals surface area contributed by atoms with E-state index in [0.717, 1.165) is 10.2 Å². The fourth-order valence-corrected chi connectivity index (χ4v) is 3.80. The van der Waals surface area contributed by atoms with E-state index < -0.39 is 5.97 Å². The van der Waals surface area contributed by atoms with Crippen molar-refractivity contribution in [1.82, 2.24) is 14.4 Å². The number of hydrogen-bond donors (Lipinski definition) is 0. The second-order valence-electron chi connectivity index (χ2n) is 5.75. The monoisotopic (exact) mass is 380 g/mol. The van der Waals surface area contributed by atoms with Crippen molar-refractivity contribution >= 4 is 44.2 Å². The molecule has 0 bridgehead atoms. The van der Waals surface area contributed by atoms with Gasteiger partial charge in [0.05, 0.1) is 16.4 Å². The number of imidazole rings is 1. The number of esters is 1. The van der Waals surface area contributed by atoms with E-state index in [9.17, 15) is 9.59 Å². The third kappa shape index (κ3) is 3.26. The molecule has 0 saturated heterocycles. The number of ether oxygens (including phenoxy) is 1. The minimum atomic E-state index is -0.595. The lowest BCUT2D eigenvalue weighted by molar-refractivity contribution is -0.121. The van der Waals surface area contributed by atoms with Crippen molar-refractivity contribution in [2.45, 2.75) is 6.92 Å². The fourth-order valence-electron chi connectivity index (χ4n) is 2.76. The normalized spacial score (nSPS) is 11.0. The van der Waals surface area contributed by atoms with Crippen LogP contribution in [0.15, 0.2) is 54.9 Å². The van der Waals surface area contributed by atoms with E-state index in [-0.39, 0.29) is 18.2 Å². The van der Waals surface area contributed by atoms with Crippen LogP contribution in [0, 0.1) is 0 Å². The number of aromatic nitrogens is 3. The van der Waals surface area contributed by atoms with E-state index in [0.29, 0.717) is 17.3 Å². The van der Waals surface area contributed by atoms with Gasteiger partial charge in [0.15, 0.2) is 17.4 Å². The molecule has 1 aromatic carbocycles. The summed E-state index contributed by atoms with van der Waals surface area (Å²) in [6.45, 7) is 1.94. The van der Waals surface area contributed by atoms with Crippen LogP contribution in [0.5, 0.6) is 0 Å². The fraction of sp³-hybridized carbons (Fsp3) is 0.158. The maximum atomic E-state index is 12.6. The highest BCUT2D eigenvalue weighted by Crippen LogP contribution is 2.28. The second-order valence-corrected chi connectivity index (χ2v) is 6.76. The number of likely N-dealkylation sites (N-methyl/N-ethyl adjacent to an activating group) is 1. The highest BCUT2D eigenvalue weighted by molar-refractivity contribution is 7.22. The zero-order valence-electron chi connectivity index (χ0n) is 14.5. The van der Waals surface area contributed by atoms with Gasteiger partial charge in [0.2, 0.25) is 0 Å². The Balaban J connectivity index is 1.48. The van der Waals surface area contributed by atoms with Crippen LogP contribution in [0.2, 0.25) is 0 Å². The van der Waals surface area contributed by atoms with Crippen molar-refractivity contribution in [3.8, 4) is 0 Å². The van der Waals surface area contributed by atoms with Gasteiger partial charge in [-0.1, -0.05) is 29.5 Å². The van der Waals surface area contributed by atoms with Gasteiger partial charge in [0, 0.05) is 12.7 Å². The minimum Gasteiger partial charge on any atom is -0.451 e. The number of carbonyl (C=O) groups is 2. The summed E-state index contributed by atoms with van der Waals surface area (Å²) in [4.78, 5) is 35.1. The third-order valence-electron chi connectivity index (χ3n) is 4.08. The number of amides is 1. The molecule has 3 aromatic heterocycles. The van der Waals surface area contributed by atoms with Crippen LogP contribution in [0.25, 0.3) is 15.9 Å². The van der Waals surface area contributed by atoms with Crippen LogP contribution in [-0.4, -0.2) is 39.4 Å². The number of thiazole rings is 1. The second kappa shape index (κ2) is 7.16. The number of hydrogen-bond acceptors (Lipinski definition) is 6. The van der Waals surface area contributed by atoms with Crippen LogP contribution in [-0.2, 0) is 9.53 Å². The number of pyridine rings is 1. The molecule has 0 aliphatic rings. The van der Waals surface area contributed by atoms with Crippen molar-refractivity contribution in [3.05, 3.63) is 60.6 Å². The van der Waals surface area contributed by atoms with Gasteiger partial charge < -0.3 is 4.74 Å². The molecule has 3 heterocycles. The molecule has 4 rings (SSSR count). The topological polar surface area (TPSA) is 76.8 Å². The number of nitrogens with zero attached hydrogens (tertiary/aromatic N) is 4. The standard InChI is InChI=1S/C19H16N4O3S/c1-2-22(19-21-13-7-3-4-8-15(13)27-19)17(24)12-26-18(25)14-11-20-16-9-5-6-10-23(14)16/h3-11H,2,12H2,1H3. The molecule has 0 radical (unpaired) electrons. The Labute approximate surface area is 158 Å². The lowest BCUT2D eigenvalue weighted by Crippen LogP contribution is -2.34. The van der Waals surface area contributed by atoms with Crippen molar-refractivity contribution in [2.24, 2.45) is 0 Å². The number of benzene rings is 1. The summed E-state index contributed by atoms with van der Waals surface area (Å²) in [7, 11) is 0. The Kier molecular flexibility index (Phi) is 4.55. The van der Waals surface area contributed by atoms with E-state index in [2.05, 4.69) is 9.97 Å². The summed E-state index contributed by atoms with van der Waals surface area (Å²) in [5.74, 6) is -0.916. The molecule has 0 aliphatic carbocycles. The first-order valence-electron chi connectivity index (χ1n) is 8.42. The molecule has 7 nitrogen and oxygen atoms in total. The zero-order valence-corrected chi connectivity index (χ0v) is 15.3. The SMILES string of the molecule is CCN(C(=O)COC(=O)c1cnc2ccccn12)c1nc2ccccc2s1. The van der Waals surface area contributed by atoms with E-state index in [1.807, 2.05) is 37.3 Å². The zero-order chi connectivity index (χ0) is 18.8. The van der Waals surface area contributed by atoms with Gasteiger partial charge in [-0.05, 0) is 31.2 Å². The summed E-state index contributed by atoms with van der Waals surface area (Å²) in [6.07, 6.45) is 3.16. The lowest BCUT2D eigenvalue weighted by Gasteiger charge is -2.17. The first kappa shape index (κ1) is 17.2. The van der Waals surface area contributed by atoms with Crippen molar-refractivity contribution in [2.75, 3.05) is 18.1 Å². The van der Waals surface area contributed by atoms with Crippen LogP contribution < -0.4 is 4.90 Å². The van der Waals surface area contributed by atoms with Gasteiger partial charge in [0.1, 0.15) is 5.65 Å². The van der Waals surface area contributed by atoms with Crippen molar-refractivity contribution < 1.29 is 14.3 Å². The Hall–Kier alpha value is -3.26. The van der Waals surface area contributed by atoms with E-state index in [4.69, 9.17) is 4.74 Å². The molecule has 0 saturated carbocycles. The molecule has 27 heavy (non-hydrogen) atoms. The highest BCUT2D eigenvalue weighted by atomic mass is 32.1. The summed E-state index contributed by atoms with van der Waals surface area (Å²) in [5, 5.41) is 0.592. The number of rotatable bonds is 5. The van der Waals surface area contributed by atoms with Crippen LogP contribution in [0.3, 0.4) is 0 Å². The summed E-state index contributed by atoms with van der Waals surface area (Å²) in [6, 6.07) is 13.1. The number of carbonyl (C=O) groups excluding carboxylic acids is 2. The van der Waals surface area contributed by atoms with Crippen LogP contribution >= 0.6 is 11.3 Å². The van der Waals surface area contributed by atoms with Crippen molar-refractivity contribution in [3.63, 3.8) is 0 Å². The number of para-hydroxylation sites is 1. The number of fused-ring (bicyclic) bond motifs is 2. The molecule has 0 fully saturated rings. The molecule has 0 unspecified atom stereocenters. The largest absolute Gasteiger partial charge is 0.451 e. The molecule has 4 aromatic rings. The Bertz CT molecular complexity index is 1100. The Morgan fingerprint density at radius 3 is 2.81 bits per heavy atom. The molecule has 0 atom stereocenters. The molecular formula is C19H16N4O3S. The van der Waals surface area contributed by atoms with Gasteiger partial charge in [-0.15, -0.1) is 0 Å². The molecular weight excluding hydrogens is 364 g/mol. The summed E-state index contributed by atoms with van der Waals surface area (Å²) >= 11 is 1.43. The first-order chi connectivity index (χ1) is 13.2. The average Bonchev–Trinajstić information content (AvgIpc) is 3.30. The van der Waals surface area contributed by atoms with Crippen LogP contribution in [0.4, 0.5) is 5.13 Å². The molecule has 8 heteroatoms. The first-order valence-corrected chi connectivity index (χ1v) is 9.24. The Morgan fingerprint density at radius 1 is 1.19 bits per heavy atom. The maximum absolute atomic E-state index is 12.6. The van der Waals surface area contributed by atoms with Crippen LogP contribution in [0.1, 0.15) is 17.4 Å². The summed E-state index contributed by atoms with van der Waals surface area (Å²) in [5.41, 5.74) is 1.76. The van der Waals surface area contributed by atoms with Gasteiger partial charge in [-0.3, -0.25) is 14.1 Å². The maximum Gasteiger partial charge on any atom is 0.357 e. The quantitative estimate of drug-likeness (QED) is 0.497. The molecule has 1 amide bonds.